The third-order valence-electron chi connectivity index (χ3n) is 6.99. The number of carbonyl (C=O) groups is 1. The maximum absolute atomic E-state index is 14.4. The fourth-order valence-electron chi connectivity index (χ4n) is 5.00. The Morgan fingerprint density at radius 2 is 2.00 bits per heavy atom. The Morgan fingerprint density at radius 1 is 1.19 bits per heavy atom. The van der Waals surface area contributed by atoms with Gasteiger partial charge in [0.05, 0.1) is 35.6 Å². The van der Waals surface area contributed by atoms with Crippen molar-refractivity contribution in [2.45, 2.75) is 51.7 Å². The third kappa shape index (κ3) is 5.80. The highest BCUT2D eigenvalue weighted by Gasteiger charge is 2.30. The molecule has 0 spiro atoms. The Hall–Kier alpha value is -4.42. The van der Waals surface area contributed by atoms with E-state index in [4.69, 9.17) is 28.3 Å². The summed E-state index contributed by atoms with van der Waals surface area (Å²) in [5.41, 5.74) is 1.42. The van der Waals surface area contributed by atoms with Gasteiger partial charge in [-0.05, 0) is 69.4 Å². The molecule has 2 aromatic carbocycles. The fraction of sp³-hybridized carbons (Fsp3) is 0.355. The maximum atomic E-state index is 14.4. The van der Waals surface area contributed by atoms with E-state index in [9.17, 15) is 9.59 Å². The predicted molar refractivity (Wildman–Crippen MR) is 163 cm³/mol. The second-order valence-corrected chi connectivity index (χ2v) is 12.3. The number of fused-ring (bicyclic) bond motifs is 3. The van der Waals surface area contributed by atoms with Crippen LogP contribution in [0.4, 0.5) is 10.5 Å². The number of methoxy groups -OCH3 is 2. The largest absolute Gasteiger partial charge is 0.497 e. The van der Waals surface area contributed by atoms with Crippen molar-refractivity contribution >= 4 is 43.4 Å². The summed E-state index contributed by atoms with van der Waals surface area (Å²) in [7, 11) is 3.15. The van der Waals surface area contributed by atoms with Gasteiger partial charge in [-0.1, -0.05) is 6.07 Å². The minimum atomic E-state index is -0.685. The number of nitrogens with zero attached hydrogens (tertiary/aromatic N) is 3. The molecule has 3 aromatic heterocycles. The number of hydrogen-bond acceptors (Lipinski definition) is 10. The lowest BCUT2D eigenvalue weighted by atomic mass is 10.0. The summed E-state index contributed by atoms with van der Waals surface area (Å²) in [5.74, 6) is 2.53. The SMILES string of the molecule is COCOc1c(NC(=O)OC(C)(C)C)ccc2c1sc1nc(-c3ccc(OC)cc3C3CC3)n(Cc3cnco3)c(=O)c12. The van der Waals surface area contributed by atoms with E-state index < -0.39 is 11.7 Å². The molecule has 0 atom stereocenters. The summed E-state index contributed by atoms with van der Waals surface area (Å²) < 4.78 is 29.9. The van der Waals surface area contributed by atoms with Gasteiger partial charge in [-0.3, -0.25) is 14.7 Å². The molecule has 5 aromatic rings. The van der Waals surface area contributed by atoms with E-state index in [0.29, 0.717) is 49.2 Å². The summed E-state index contributed by atoms with van der Waals surface area (Å²) in [5, 5.41) is 3.86. The smallest absolute Gasteiger partial charge is 0.412 e. The molecule has 43 heavy (non-hydrogen) atoms. The van der Waals surface area contributed by atoms with Crippen molar-refractivity contribution in [2.24, 2.45) is 0 Å². The Morgan fingerprint density at radius 3 is 2.67 bits per heavy atom. The van der Waals surface area contributed by atoms with Crippen molar-refractivity contribution in [3.63, 3.8) is 0 Å². The molecule has 1 fully saturated rings. The molecule has 224 valence electrons. The average molecular weight is 605 g/mol. The number of anilines is 1. The van der Waals surface area contributed by atoms with Crippen LogP contribution in [0.2, 0.25) is 0 Å². The molecule has 1 N–H and O–H groups in total. The van der Waals surface area contributed by atoms with Gasteiger partial charge in [-0.25, -0.2) is 14.8 Å². The van der Waals surface area contributed by atoms with Crippen molar-refractivity contribution in [2.75, 3.05) is 26.3 Å². The zero-order valence-electron chi connectivity index (χ0n) is 24.6. The van der Waals surface area contributed by atoms with Crippen molar-refractivity contribution in [1.82, 2.24) is 14.5 Å². The first-order valence-electron chi connectivity index (χ1n) is 13.8. The number of hydrogen-bond donors (Lipinski definition) is 1. The van der Waals surface area contributed by atoms with E-state index in [2.05, 4.69) is 10.3 Å². The van der Waals surface area contributed by atoms with Crippen LogP contribution >= 0.6 is 11.3 Å². The predicted octanol–water partition coefficient (Wildman–Crippen LogP) is 6.53. The molecule has 1 saturated carbocycles. The van der Waals surface area contributed by atoms with Gasteiger partial charge in [0, 0.05) is 18.1 Å². The number of oxazole rings is 1. The summed E-state index contributed by atoms with van der Waals surface area (Å²) in [6.07, 6.45) is 4.43. The minimum absolute atomic E-state index is 0.0681. The van der Waals surface area contributed by atoms with Crippen LogP contribution in [-0.2, 0) is 16.0 Å². The molecular weight excluding hydrogens is 572 g/mol. The van der Waals surface area contributed by atoms with Gasteiger partial charge in [0.1, 0.15) is 27.8 Å². The topological polar surface area (TPSA) is 127 Å². The monoisotopic (exact) mass is 604 g/mol. The van der Waals surface area contributed by atoms with Crippen LogP contribution in [-0.4, -0.2) is 47.2 Å². The van der Waals surface area contributed by atoms with Gasteiger partial charge >= 0.3 is 6.09 Å². The third-order valence-corrected chi connectivity index (χ3v) is 8.09. The number of ether oxygens (including phenoxy) is 4. The van der Waals surface area contributed by atoms with E-state index in [1.54, 1.807) is 50.8 Å². The molecule has 6 rings (SSSR count). The number of aromatic nitrogens is 3. The van der Waals surface area contributed by atoms with E-state index in [0.717, 1.165) is 29.7 Å². The highest BCUT2D eigenvalue weighted by atomic mass is 32.1. The first-order valence-corrected chi connectivity index (χ1v) is 14.7. The van der Waals surface area contributed by atoms with Crippen LogP contribution in [0.1, 0.15) is 50.9 Å². The van der Waals surface area contributed by atoms with E-state index in [1.165, 1.54) is 24.8 Å². The van der Waals surface area contributed by atoms with E-state index in [1.807, 2.05) is 18.2 Å². The highest BCUT2D eigenvalue weighted by Crippen LogP contribution is 2.46. The van der Waals surface area contributed by atoms with Crippen molar-refractivity contribution in [1.29, 1.82) is 0 Å². The van der Waals surface area contributed by atoms with Crippen LogP contribution in [0, 0.1) is 0 Å². The molecule has 0 radical (unpaired) electrons. The minimum Gasteiger partial charge on any atom is -0.497 e. The first-order chi connectivity index (χ1) is 20.7. The van der Waals surface area contributed by atoms with Gasteiger partial charge in [0.2, 0.25) is 0 Å². The highest BCUT2D eigenvalue weighted by molar-refractivity contribution is 7.25. The molecule has 0 aliphatic heterocycles. The molecule has 3 heterocycles. The van der Waals surface area contributed by atoms with Crippen LogP contribution in [0.25, 0.3) is 31.7 Å². The Balaban J connectivity index is 1.57. The van der Waals surface area contributed by atoms with E-state index >= 15 is 0 Å². The number of rotatable bonds is 9. The number of carbonyl (C=O) groups excluding carboxylic acids is 1. The number of nitrogens with one attached hydrogen (secondary N) is 1. The summed E-state index contributed by atoms with van der Waals surface area (Å²) in [6.45, 7) is 5.44. The molecule has 0 saturated heterocycles. The van der Waals surface area contributed by atoms with E-state index in [-0.39, 0.29) is 18.9 Å². The lowest BCUT2D eigenvalue weighted by Gasteiger charge is -2.20. The van der Waals surface area contributed by atoms with Crippen molar-refractivity contribution in [3.8, 4) is 22.9 Å². The Labute approximate surface area is 251 Å². The number of thiophene rings is 1. The van der Waals surface area contributed by atoms with Crippen molar-refractivity contribution < 1.29 is 28.2 Å². The lowest BCUT2D eigenvalue weighted by molar-refractivity contribution is 0.0521. The number of benzene rings is 2. The van der Waals surface area contributed by atoms with Gasteiger partial charge in [-0.15, -0.1) is 11.3 Å². The standard InChI is InChI=1S/C31H32N4O7S/c1-31(2,3)42-30(37)33-23-11-10-21-24-28(43-26(21)25(23)41-16-38-4)34-27(35(29(24)36)14-19-13-32-15-40-19)20-9-8-18(39-5)12-22(20)17-6-7-17/h8-13,15,17H,6-7,14,16H2,1-5H3,(H,33,37). The van der Waals surface area contributed by atoms with Gasteiger partial charge in [-0.2, -0.15) is 0 Å². The van der Waals surface area contributed by atoms with Gasteiger partial charge in [0.15, 0.2) is 18.9 Å². The van der Waals surface area contributed by atoms with Crippen molar-refractivity contribution in [3.05, 3.63) is 64.6 Å². The van der Waals surface area contributed by atoms with Crippen LogP contribution < -0.4 is 20.3 Å². The molecular formula is C31H32N4O7S. The Bertz CT molecular complexity index is 1870. The van der Waals surface area contributed by atoms with Gasteiger partial charge < -0.3 is 23.4 Å². The zero-order valence-corrected chi connectivity index (χ0v) is 25.4. The van der Waals surface area contributed by atoms with Crippen LogP contribution in [0.3, 0.4) is 0 Å². The zero-order chi connectivity index (χ0) is 30.3. The Kier molecular flexibility index (Phi) is 7.57. The van der Waals surface area contributed by atoms with Crippen LogP contribution in [0.15, 0.2) is 52.1 Å². The maximum Gasteiger partial charge on any atom is 0.412 e. The average Bonchev–Trinajstić information content (AvgIpc) is 3.55. The fourth-order valence-corrected chi connectivity index (χ4v) is 6.17. The normalized spacial score (nSPS) is 13.4. The molecule has 1 aliphatic rings. The first kappa shape index (κ1) is 28.7. The molecule has 1 aliphatic carbocycles. The molecule has 11 nitrogen and oxygen atoms in total. The molecule has 0 unspecified atom stereocenters. The summed E-state index contributed by atoms with van der Waals surface area (Å²) in [6, 6.07) is 9.34. The second-order valence-electron chi connectivity index (χ2n) is 11.3. The lowest BCUT2D eigenvalue weighted by Crippen LogP contribution is -2.27. The number of amides is 1. The summed E-state index contributed by atoms with van der Waals surface area (Å²) in [4.78, 5) is 36.7. The molecule has 0 bridgehead atoms. The second kappa shape index (κ2) is 11.3. The summed E-state index contributed by atoms with van der Waals surface area (Å²) >= 11 is 1.31. The molecule has 1 amide bonds. The quantitative estimate of drug-likeness (QED) is 0.187. The molecule has 12 heteroatoms. The van der Waals surface area contributed by atoms with Gasteiger partial charge in [0.25, 0.3) is 5.56 Å². The van der Waals surface area contributed by atoms with Crippen LogP contribution in [0.5, 0.6) is 11.5 Å².